The molecule has 0 radical (unpaired) electrons. The first-order valence-corrected chi connectivity index (χ1v) is 11.8. The molecule has 0 unspecified atom stereocenters. The van der Waals surface area contributed by atoms with Gasteiger partial charge in [0.15, 0.2) is 0 Å². The lowest BCUT2D eigenvalue weighted by Gasteiger charge is -2.32. The van der Waals surface area contributed by atoms with Gasteiger partial charge in [-0.1, -0.05) is 25.3 Å². The van der Waals surface area contributed by atoms with E-state index in [9.17, 15) is 26.4 Å². The number of alkyl halides is 3. The predicted octanol–water partition coefficient (Wildman–Crippen LogP) is 3.80. The molecule has 168 valence electrons. The molecule has 10 heteroatoms. The van der Waals surface area contributed by atoms with Crippen LogP contribution in [0.25, 0.3) is 0 Å². The zero-order chi connectivity index (χ0) is 21.9. The summed E-state index contributed by atoms with van der Waals surface area (Å²) in [6.45, 7) is 1.59. The lowest BCUT2D eigenvalue weighted by Crippen LogP contribution is -2.51. The van der Waals surface area contributed by atoms with Crippen molar-refractivity contribution in [2.75, 3.05) is 13.1 Å². The van der Waals surface area contributed by atoms with Crippen LogP contribution in [0.3, 0.4) is 0 Å². The normalized spacial score (nSPS) is 20.1. The number of benzene rings is 1. The van der Waals surface area contributed by atoms with Gasteiger partial charge >= 0.3 is 12.2 Å². The molecule has 1 aromatic carbocycles. The van der Waals surface area contributed by atoms with Gasteiger partial charge < -0.3 is 10.6 Å². The molecule has 1 heterocycles. The molecular formula is C20H28F3N3O3S. The molecule has 2 aliphatic rings. The Morgan fingerprint density at radius 2 is 1.57 bits per heavy atom. The van der Waals surface area contributed by atoms with E-state index in [1.54, 1.807) is 0 Å². The smallest absolute Gasteiger partial charge is 0.335 e. The van der Waals surface area contributed by atoms with E-state index in [1.807, 2.05) is 0 Å². The number of nitrogens with zero attached hydrogens (tertiary/aromatic N) is 1. The number of halogens is 3. The van der Waals surface area contributed by atoms with Crippen LogP contribution in [-0.2, 0) is 16.2 Å². The first-order valence-electron chi connectivity index (χ1n) is 10.3. The van der Waals surface area contributed by atoms with Crippen molar-refractivity contribution in [3.8, 4) is 0 Å². The van der Waals surface area contributed by atoms with Crippen molar-refractivity contribution in [3.63, 3.8) is 0 Å². The second kappa shape index (κ2) is 9.13. The van der Waals surface area contributed by atoms with Gasteiger partial charge in [0, 0.05) is 25.2 Å². The monoisotopic (exact) mass is 447 g/mol. The Morgan fingerprint density at radius 1 is 1.00 bits per heavy atom. The van der Waals surface area contributed by atoms with Crippen LogP contribution < -0.4 is 10.6 Å². The Balaban J connectivity index is 1.58. The highest BCUT2D eigenvalue weighted by molar-refractivity contribution is 7.89. The molecule has 30 heavy (non-hydrogen) atoms. The Hall–Kier alpha value is -1.81. The highest BCUT2D eigenvalue weighted by Crippen LogP contribution is 2.34. The maximum absolute atomic E-state index is 13.1. The number of piperidine rings is 1. The highest BCUT2D eigenvalue weighted by Gasteiger charge is 2.35. The molecular weight excluding hydrogens is 419 g/mol. The lowest BCUT2D eigenvalue weighted by molar-refractivity contribution is -0.138. The van der Waals surface area contributed by atoms with Gasteiger partial charge in [-0.2, -0.15) is 17.5 Å². The summed E-state index contributed by atoms with van der Waals surface area (Å²) in [5, 5.41) is 5.86. The molecule has 6 nitrogen and oxygen atoms in total. The fraction of sp³-hybridized carbons (Fsp3) is 0.650. The summed E-state index contributed by atoms with van der Waals surface area (Å²) in [6, 6.07) is 2.87. The summed E-state index contributed by atoms with van der Waals surface area (Å²) in [4.78, 5) is 11.8. The van der Waals surface area contributed by atoms with Gasteiger partial charge in [0.05, 0.1) is 10.5 Å². The maximum atomic E-state index is 13.1. The minimum absolute atomic E-state index is 0.0201. The molecule has 1 saturated heterocycles. The van der Waals surface area contributed by atoms with Crippen LogP contribution in [0.15, 0.2) is 23.1 Å². The minimum Gasteiger partial charge on any atom is -0.335 e. The topological polar surface area (TPSA) is 78.5 Å². The summed E-state index contributed by atoms with van der Waals surface area (Å²) < 4.78 is 66.3. The van der Waals surface area contributed by atoms with Gasteiger partial charge in [-0.15, -0.1) is 0 Å². The van der Waals surface area contributed by atoms with Crippen LogP contribution in [0.5, 0.6) is 0 Å². The van der Waals surface area contributed by atoms with E-state index < -0.39 is 21.8 Å². The summed E-state index contributed by atoms with van der Waals surface area (Å²) in [5.74, 6) is 0. The number of sulfonamides is 1. The fourth-order valence-corrected chi connectivity index (χ4v) is 5.61. The van der Waals surface area contributed by atoms with E-state index >= 15 is 0 Å². The first kappa shape index (κ1) is 22.9. The van der Waals surface area contributed by atoms with Crippen LogP contribution >= 0.6 is 0 Å². The van der Waals surface area contributed by atoms with Crippen LogP contribution in [0.1, 0.15) is 56.1 Å². The Kier molecular flexibility index (Phi) is 6.96. The second-order valence-electron chi connectivity index (χ2n) is 8.11. The van der Waals surface area contributed by atoms with Gasteiger partial charge in [-0.3, -0.25) is 0 Å². The minimum atomic E-state index is -4.61. The molecule has 3 rings (SSSR count). The van der Waals surface area contributed by atoms with Crippen LogP contribution in [0.4, 0.5) is 18.0 Å². The standard InChI is InChI=1S/C20H28F3N3O3S/c1-14-7-8-17(13-18(14)20(21,22)23)30(28,29)26-11-9-16(10-12-26)25-19(27)24-15-5-3-2-4-6-15/h7-8,13,15-16H,2-6,9-12H2,1H3,(H2,24,25,27). The number of carbonyl (C=O) groups excluding carboxylic acids is 1. The average molecular weight is 448 g/mol. The fourth-order valence-electron chi connectivity index (χ4n) is 4.12. The van der Waals surface area contributed by atoms with E-state index in [0.29, 0.717) is 18.9 Å². The number of amides is 2. The third kappa shape index (κ3) is 5.46. The molecule has 1 aliphatic carbocycles. The van der Waals surface area contributed by atoms with Crippen LogP contribution in [0.2, 0.25) is 0 Å². The van der Waals surface area contributed by atoms with E-state index in [2.05, 4.69) is 10.6 Å². The molecule has 1 aromatic rings. The number of carbonyl (C=O) groups is 1. The van der Waals surface area contributed by atoms with Crippen LogP contribution in [-0.4, -0.2) is 43.9 Å². The zero-order valence-corrected chi connectivity index (χ0v) is 17.8. The SMILES string of the molecule is Cc1ccc(S(=O)(=O)N2CCC(NC(=O)NC3CCCCC3)CC2)cc1C(F)(F)F. The molecule has 2 N–H and O–H groups in total. The predicted molar refractivity (Wildman–Crippen MR) is 107 cm³/mol. The quantitative estimate of drug-likeness (QED) is 0.737. The molecule has 2 amide bonds. The van der Waals surface area contributed by atoms with E-state index in [1.165, 1.54) is 29.8 Å². The molecule has 1 aliphatic heterocycles. The third-order valence-electron chi connectivity index (χ3n) is 5.88. The number of nitrogens with one attached hydrogen (secondary N) is 2. The van der Waals surface area contributed by atoms with Gasteiger partial charge in [-0.05, 0) is 50.3 Å². The van der Waals surface area contributed by atoms with Crippen molar-refractivity contribution in [3.05, 3.63) is 29.3 Å². The van der Waals surface area contributed by atoms with E-state index in [0.717, 1.165) is 25.7 Å². The van der Waals surface area contributed by atoms with Crippen LogP contribution in [0, 0.1) is 6.92 Å². The van der Waals surface area contributed by atoms with Gasteiger partial charge in [0.2, 0.25) is 10.0 Å². The number of hydrogen-bond donors (Lipinski definition) is 2. The lowest BCUT2D eigenvalue weighted by atomic mass is 9.96. The van der Waals surface area contributed by atoms with Crippen molar-refractivity contribution in [1.82, 2.24) is 14.9 Å². The molecule has 2 fully saturated rings. The maximum Gasteiger partial charge on any atom is 0.416 e. The highest BCUT2D eigenvalue weighted by atomic mass is 32.2. The molecule has 0 atom stereocenters. The van der Waals surface area contributed by atoms with Crippen molar-refractivity contribution in [1.29, 1.82) is 0 Å². The van der Waals surface area contributed by atoms with E-state index in [-0.39, 0.29) is 41.7 Å². The number of urea groups is 1. The zero-order valence-electron chi connectivity index (χ0n) is 17.0. The third-order valence-corrected chi connectivity index (χ3v) is 7.78. The summed E-state index contributed by atoms with van der Waals surface area (Å²) in [5.41, 5.74) is -0.965. The van der Waals surface area contributed by atoms with Crippen molar-refractivity contribution in [2.24, 2.45) is 0 Å². The molecule has 0 aromatic heterocycles. The largest absolute Gasteiger partial charge is 0.416 e. The molecule has 0 spiro atoms. The second-order valence-corrected chi connectivity index (χ2v) is 10.0. The number of rotatable bonds is 4. The summed E-state index contributed by atoms with van der Waals surface area (Å²) in [7, 11) is -4.03. The van der Waals surface area contributed by atoms with E-state index in [4.69, 9.17) is 0 Å². The average Bonchev–Trinajstić information content (AvgIpc) is 2.68. The van der Waals surface area contributed by atoms with Gasteiger partial charge in [0.1, 0.15) is 0 Å². The summed E-state index contributed by atoms with van der Waals surface area (Å²) in [6.07, 6.45) is 1.56. The van der Waals surface area contributed by atoms with Crippen molar-refractivity contribution >= 4 is 16.1 Å². The Labute approximate surface area is 175 Å². The first-order chi connectivity index (χ1) is 14.1. The molecule has 0 bridgehead atoms. The molecule has 1 saturated carbocycles. The van der Waals surface area contributed by atoms with Gasteiger partial charge in [-0.25, -0.2) is 13.2 Å². The summed E-state index contributed by atoms with van der Waals surface area (Å²) >= 11 is 0. The number of aryl methyl sites for hydroxylation is 1. The Bertz CT molecular complexity index is 860. The Morgan fingerprint density at radius 3 is 2.13 bits per heavy atom. The number of hydrogen-bond acceptors (Lipinski definition) is 3. The van der Waals surface area contributed by atoms with Crippen molar-refractivity contribution < 1.29 is 26.4 Å². The van der Waals surface area contributed by atoms with Crippen molar-refractivity contribution in [2.45, 2.75) is 75.0 Å². The van der Waals surface area contributed by atoms with Gasteiger partial charge in [0.25, 0.3) is 0 Å².